The highest BCUT2D eigenvalue weighted by Gasteiger charge is 2.11. The van der Waals surface area contributed by atoms with E-state index in [1.165, 1.54) is 10.4 Å². The van der Waals surface area contributed by atoms with E-state index in [4.69, 9.17) is 4.74 Å². The van der Waals surface area contributed by atoms with E-state index in [0.717, 1.165) is 44.3 Å². The van der Waals surface area contributed by atoms with Gasteiger partial charge in [0.25, 0.3) is 5.91 Å². The molecule has 1 amide bonds. The topological polar surface area (TPSA) is 54.5 Å². The molecule has 0 atom stereocenters. The van der Waals surface area contributed by atoms with Gasteiger partial charge in [0.05, 0.1) is 19.8 Å². The van der Waals surface area contributed by atoms with Crippen molar-refractivity contribution in [2.45, 2.75) is 26.4 Å². The van der Waals surface area contributed by atoms with Crippen molar-refractivity contribution >= 4 is 17.2 Å². The minimum absolute atomic E-state index is 0.0545. The Labute approximate surface area is 146 Å². The Morgan fingerprint density at radius 2 is 2.04 bits per heavy atom. The molecule has 1 N–H and O–H groups in total. The van der Waals surface area contributed by atoms with Crippen molar-refractivity contribution in [3.05, 3.63) is 51.5 Å². The van der Waals surface area contributed by atoms with Gasteiger partial charge in [-0.1, -0.05) is 19.1 Å². The van der Waals surface area contributed by atoms with Crippen LogP contribution < -0.4 is 5.32 Å². The van der Waals surface area contributed by atoms with E-state index in [1.807, 2.05) is 30.5 Å². The lowest BCUT2D eigenvalue weighted by atomic mass is 10.1. The Morgan fingerprint density at radius 1 is 1.29 bits per heavy atom. The number of amides is 1. The lowest BCUT2D eigenvalue weighted by Crippen LogP contribution is -2.35. The zero-order valence-electron chi connectivity index (χ0n) is 14.0. The van der Waals surface area contributed by atoms with Crippen molar-refractivity contribution in [1.29, 1.82) is 0 Å². The number of nitrogens with one attached hydrogen (secondary N) is 1. The van der Waals surface area contributed by atoms with Gasteiger partial charge in [0, 0.05) is 36.3 Å². The van der Waals surface area contributed by atoms with Crippen LogP contribution in [0.4, 0.5) is 0 Å². The molecule has 0 unspecified atom stereocenters. The minimum atomic E-state index is -0.0545. The monoisotopic (exact) mass is 345 g/mol. The van der Waals surface area contributed by atoms with E-state index >= 15 is 0 Å². The summed E-state index contributed by atoms with van der Waals surface area (Å²) in [6, 6.07) is 7.85. The van der Waals surface area contributed by atoms with Crippen LogP contribution in [-0.2, 0) is 24.2 Å². The van der Waals surface area contributed by atoms with Gasteiger partial charge in [-0.25, -0.2) is 4.98 Å². The first-order valence-corrected chi connectivity index (χ1v) is 9.17. The summed E-state index contributed by atoms with van der Waals surface area (Å²) in [4.78, 5) is 20.2. The number of aromatic nitrogens is 1. The van der Waals surface area contributed by atoms with E-state index in [-0.39, 0.29) is 5.91 Å². The SMILES string of the molecule is CCc1cnc(CNC(=O)c2ccc(CN3CCOCC3)cc2)s1. The summed E-state index contributed by atoms with van der Waals surface area (Å²) in [5.74, 6) is -0.0545. The second kappa shape index (κ2) is 8.37. The average Bonchev–Trinajstić information content (AvgIpc) is 3.09. The van der Waals surface area contributed by atoms with Gasteiger partial charge >= 0.3 is 0 Å². The van der Waals surface area contributed by atoms with E-state index in [0.29, 0.717) is 12.1 Å². The van der Waals surface area contributed by atoms with Crippen LogP contribution in [-0.4, -0.2) is 42.1 Å². The van der Waals surface area contributed by atoms with Gasteiger partial charge in [-0.05, 0) is 24.1 Å². The average molecular weight is 345 g/mol. The molecule has 128 valence electrons. The number of thiazole rings is 1. The highest BCUT2D eigenvalue weighted by Crippen LogP contribution is 2.13. The summed E-state index contributed by atoms with van der Waals surface area (Å²) in [6.45, 7) is 7.04. The summed E-state index contributed by atoms with van der Waals surface area (Å²) in [5, 5.41) is 3.88. The van der Waals surface area contributed by atoms with E-state index in [1.54, 1.807) is 11.3 Å². The third kappa shape index (κ3) is 4.63. The number of aryl methyl sites for hydroxylation is 1. The molecule has 1 aromatic carbocycles. The predicted octanol–water partition coefficient (Wildman–Crippen LogP) is 2.47. The van der Waals surface area contributed by atoms with Gasteiger partial charge in [-0.2, -0.15) is 0 Å². The summed E-state index contributed by atoms with van der Waals surface area (Å²) in [7, 11) is 0. The molecular weight excluding hydrogens is 322 g/mol. The summed E-state index contributed by atoms with van der Waals surface area (Å²) in [6.07, 6.45) is 2.86. The smallest absolute Gasteiger partial charge is 0.251 e. The number of benzene rings is 1. The molecule has 0 aliphatic carbocycles. The van der Waals surface area contributed by atoms with Gasteiger partial charge in [0.1, 0.15) is 5.01 Å². The standard InChI is InChI=1S/C18H23N3O2S/c1-2-16-11-19-17(24-16)12-20-18(22)15-5-3-14(4-6-15)13-21-7-9-23-10-8-21/h3-6,11H,2,7-10,12-13H2,1H3,(H,20,22). The first-order chi connectivity index (χ1) is 11.7. The summed E-state index contributed by atoms with van der Waals surface area (Å²) < 4.78 is 5.36. The fraction of sp³-hybridized carbons (Fsp3) is 0.444. The molecule has 6 heteroatoms. The first-order valence-electron chi connectivity index (χ1n) is 8.35. The molecule has 0 radical (unpaired) electrons. The molecule has 5 nitrogen and oxygen atoms in total. The van der Waals surface area contributed by atoms with Crippen LogP contribution >= 0.6 is 11.3 Å². The molecular formula is C18H23N3O2S. The van der Waals surface area contributed by atoms with Gasteiger partial charge < -0.3 is 10.1 Å². The van der Waals surface area contributed by atoms with E-state index in [9.17, 15) is 4.79 Å². The van der Waals surface area contributed by atoms with Crippen molar-refractivity contribution in [3.63, 3.8) is 0 Å². The third-order valence-corrected chi connectivity index (χ3v) is 5.22. The molecule has 0 bridgehead atoms. The number of morpholine rings is 1. The fourth-order valence-corrected chi connectivity index (χ4v) is 3.43. The van der Waals surface area contributed by atoms with E-state index < -0.39 is 0 Å². The summed E-state index contributed by atoms with van der Waals surface area (Å²) >= 11 is 1.65. The number of carbonyl (C=O) groups is 1. The molecule has 1 fully saturated rings. The second-order valence-electron chi connectivity index (χ2n) is 5.84. The van der Waals surface area contributed by atoms with Crippen LogP contribution in [0.3, 0.4) is 0 Å². The van der Waals surface area contributed by atoms with Crippen molar-refractivity contribution < 1.29 is 9.53 Å². The molecule has 2 aromatic rings. The molecule has 1 saturated heterocycles. The quantitative estimate of drug-likeness (QED) is 0.874. The van der Waals surface area contributed by atoms with Crippen molar-refractivity contribution in [3.8, 4) is 0 Å². The Hall–Kier alpha value is -1.76. The Morgan fingerprint density at radius 3 is 2.71 bits per heavy atom. The molecule has 3 rings (SSSR count). The zero-order valence-corrected chi connectivity index (χ0v) is 14.8. The Bertz CT molecular complexity index is 663. The van der Waals surface area contributed by atoms with Crippen molar-refractivity contribution in [1.82, 2.24) is 15.2 Å². The van der Waals surface area contributed by atoms with Crippen LogP contribution in [0.15, 0.2) is 30.5 Å². The lowest BCUT2D eigenvalue weighted by molar-refractivity contribution is 0.0342. The van der Waals surface area contributed by atoms with Crippen LogP contribution in [0.25, 0.3) is 0 Å². The van der Waals surface area contributed by atoms with Gasteiger partial charge in [-0.15, -0.1) is 11.3 Å². The lowest BCUT2D eigenvalue weighted by Gasteiger charge is -2.26. The van der Waals surface area contributed by atoms with Gasteiger partial charge in [0.2, 0.25) is 0 Å². The maximum Gasteiger partial charge on any atom is 0.251 e. The molecule has 1 aliphatic rings. The van der Waals surface area contributed by atoms with E-state index in [2.05, 4.69) is 22.1 Å². The second-order valence-corrected chi connectivity index (χ2v) is 7.04. The van der Waals surface area contributed by atoms with Crippen LogP contribution in [0, 0.1) is 0 Å². The highest BCUT2D eigenvalue weighted by molar-refractivity contribution is 7.11. The van der Waals surface area contributed by atoms with Crippen molar-refractivity contribution in [2.75, 3.05) is 26.3 Å². The molecule has 1 aliphatic heterocycles. The number of hydrogen-bond acceptors (Lipinski definition) is 5. The molecule has 2 heterocycles. The Balaban J connectivity index is 1.51. The maximum atomic E-state index is 12.2. The highest BCUT2D eigenvalue weighted by atomic mass is 32.1. The number of ether oxygens (including phenoxy) is 1. The number of rotatable bonds is 6. The number of nitrogens with zero attached hydrogens (tertiary/aromatic N) is 2. The van der Waals surface area contributed by atoms with Gasteiger partial charge in [-0.3, -0.25) is 9.69 Å². The molecule has 24 heavy (non-hydrogen) atoms. The van der Waals surface area contributed by atoms with Crippen LogP contribution in [0.5, 0.6) is 0 Å². The predicted molar refractivity (Wildman–Crippen MR) is 95.2 cm³/mol. The van der Waals surface area contributed by atoms with Crippen molar-refractivity contribution in [2.24, 2.45) is 0 Å². The maximum absolute atomic E-state index is 12.2. The third-order valence-electron chi connectivity index (χ3n) is 4.08. The Kier molecular flexibility index (Phi) is 5.96. The molecule has 1 aromatic heterocycles. The largest absolute Gasteiger partial charge is 0.379 e. The number of hydrogen-bond donors (Lipinski definition) is 1. The van der Waals surface area contributed by atoms with Crippen LogP contribution in [0.1, 0.15) is 32.7 Å². The fourth-order valence-electron chi connectivity index (χ4n) is 2.63. The number of carbonyl (C=O) groups excluding carboxylic acids is 1. The molecule has 0 saturated carbocycles. The van der Waals surface area contributed by atoms with Gasteiger partial charge in [0.15, 0.2) is 0 Å². The van der Waals surface area contributed by atoms with Crippen LogP contribution in [0.2, 0.25) is 0 Å². The summed E-state index contributed by atoms with van der Waals surface area (Å²) in [5.41, 5.74) is 1.91. The normalized spacial score (nSPS) is 15.4. The zero-order chi connectivity index (χ0) is 16.8. The molecule has 0 spiro atoms. The first kappa shape index (κ1) is 17.1. The minimum Gasteiger partial charge on any atom is -0.379 e.